The lowest BCUT2D eigenvalue weighted by atomic mass is 10.1. The average Bonchev–Trinajstić information content (AvgIpc) is 3.18. The van der Waals surface area contributed by atoms with E-state index in [2.05, 4.69) is 20.5 Å². The second kappa shape index (κ2) is 6.23. The molecule has 9 nitrogen and oxygen atoms in total. The SMILES string of the molecule is Cc1sc2ncnc(N/N=C\c3cc4c(cc3[N+](=O)[O-])OCO4)c2c1C. The molecule has 1 aromatic carbocycles. The number of nitrogens with one attached hydrogen (secondary N) is 1. The largest absolute Gasteiger partial charge is 0.454 e. The lowest BCUT2D eigenvalue weighted by Crippen LogP contribution is -1.98. The number of benzene rings is 1. The summed E-state index contributed by atoms with van der Waals surface area (Å²) < 4.78 is 10.4. The van der Waals surface area contributed by atoms with Crippen LogP contribution in [0, 0.1) is 24.0 Å². The molecule has 3 aromatic rings. The van der Waals surface area contributed by atoms with Gasteiger partial charge in [-0.2, -0.15) is 5.10 Å². The second-order valence-corrected chi connectivity index (χ2v) is 6.78. The standard InChI is InChI=1S/C16H13N5O4S/c1-8-9(2)26-16-14(8)15(17-6-18-16)20-19-5-10-3-12-13(25-7-24-12)4-11(10)21(22)23/h3-6H,7H2,1-2H3,(H,17,18,20)/b19-5-. The molecule has 0 amide bonds. The molecular weight excluding hydrogens is 358 g/mol. The molecule has 0 unspecified atom stereocenters. The molecule has 4 rings (SSSR count). The number of thiophene rings is 1. The van der Waals surface area contributed by atoms with Crippen molar-refractivity contribution >= 4 is 39.3 Å². The fourth-order valence-corrected chi connectivity index (χ4v) is 3.64. The van der Waals surface area contributed by atoms with E-state index < -0.39 is 4.92 Å². The van der Waals surface area contributed by atoms with Crippen LogP contribution in [0.25, 0.3) is 10.2 Å². The van der Waals surface area contributed by atoms with E-state index in [1.165, 1.54) is 24.7 Å². The Morgan fingerprint density at radius 1 is 1.31 bits per heavy atom. The molecule has 0 bridgehead atoms. The number of nitro groups is 1. The van der Waals surface area contributed by atoms with Gasteiger partial charge >= 0.3 is 0 Å². The van der Waals surface area contributed by atoms with Crippen molar-refractivity contribution in [2.45, 2.75) is 13.8 Å². The Hall–Kier alpha value is -3.27. The Morgan fingerprint density at radius 2 is 2.08 bits per heavy atom. The molecule has 0 radical (unpaired) electrons. The van der Waals surface area contributed by atoms with Crippen molar-refractivity contribution in [2.24, 2.45) is 5.10 Å². The number of anilines is 1. The maximum absolute atomic E-state index is 11.3. The first kappa shape index (κ1) is 16.2. The molecule has 3 heterocycles. The first-order chi connectivity index (χ1) is 12.5. The molecule has 132 valence electrons. The highest BCUT2D eigenvalue weighted by molar-refractivity contribution is 7.18. The number of hydrazone groups is 1. The summed E-state index contributed by atoms with van der Waals surface area (Å²) in [7, 11) is 0. The van der Waals surface area contributed by atoms with Gasteiger partial charge in [0.15, 0.2) is 17.3 Å². The van der Waals surface area contributed by atoms with E-state index in [1.807, 2.05) is 13.8 Å². The fraction of sp³-hybridized carbons (Fsp3) is 0.188. The van der Waals surface area contributed by atoms with Gasteiger partial charge < -0.3 is 9.47 Å². The van der Waals surface area contributed by atoms with Crippen molar-refractivity contribution in [3.63, 3.8) is 0 Å². The molecule has 1 aliphatic rings. The van der Waals surface area contributed by atoms with Crippen molar-refractivity contribution in [3.8, 4) is 11.5 Å². The smallest absolute Gasteiger partial charge is 0.282 e. The van der Waals surface area contributed by atoms with Gasteiger partial charge in [-0.1, -0.05) is 0 Å². The van der Waals surface area contributed by atoms with E-state index in [9.17, 15) is 10.1 Å². The lowest BCUT2D eigenvalue weighted by Gasteiger charge is -2.03. The number of nitrogens with zero attached hydrogens (tertiary/aromatic N) is 4. The normalized spacial score (nSPS) is 12.8. The third-order valence-corrected chi connectivity index (χ3v) is 5.17. The van der Waals surface area contributed by atoms with Crippen LogP contribution in [0.1, 0.15) is 16.0 Å². The van der Waals surface area contributed by atoms with Crippen LogP contribution in [0.15, 0.2) is 23.6 Å². The second-order valence-electron chi connectivity index (χ2n) is 5.58. The van der Waals surface area contributed by atoms with Crippen molar-refractivity contribution in [1.82, 2.24) is 9.97 Å². The molecule has 1 aliphatic heterocycles. The molecule has 2 aromatic heterocycles. The molecule has 0 aliphatic carbocycles. The van der Waals surface area contributed by atoms with Crippen molar-refractivity contribution in [1.29, 1.82) is 0 Å². The van der Waals surface area contributed by atoms with Crippen LogP contribution in [0.3, 0.4) is 0 Å². The van der Waals surface area contributed by atoms with Crippen LogP contribution in [-0.4, -0.2) is 27.9 Å². The van der Waals surface area contributed by atoms with Crippen molar-refractivity contribution < 1.29 is 14.4 Å². The monoisotopic (exact) mass is 371 g/mol. The molecule has 0 spiro atoms. The molecule has 0 saturated carbocycles. The van der Waals surface area contributed by atoms with E-state index in [1.54, 1.807) is 11.3 Å². The van der Waals surface area contributed by atoms with Crippen LogP contribution in [0.5, 0.6) is 11.5 Å². The molecule has 0 saturated heterocycles. The fourth-order valence-electron chi connectivity index (χ4n) is 2.64. The van der Waals surface area contributed by atoms with Gasteiger partial charge in [0.05, 0.1) is 28.2 Å². The van der Waals surface area contributed by atoms with Crippen LogP contribution < -0.4 is 14.9 Å². The summed E-state index contributed by atoms with van der Waals surface area (Å²) in [6.07, 6.45) is 2.82. The highest BCUT2D eigenvalue weighted by Gasteiger charge is 2.22. The maximum atomic E-state index is 11.3. The maximum Gasteiger partial charge on any atom is 0.282 e. The van der Waals surface area contributed by atoms with E-state index >= 15 is 0 Å². The lowest BCUT2D eigenvalue weighted by molar-refractivity contribution is -0.385. The van der Waals surface area contributed by atoms with Gasteiger partial charge in [-0.15, -0.1) is 11.3 Å². The van der Waals surface area contributed by atoms with Crippen molar-refractivity contribution in [2.75, 3.05) is 12.2 Å². The third kappa shape index (κ3) is 2.69. The van der Waals surface area contributed by atoms with Crippen molar-refractivity contribution in [3.05, 3.63) is 44.6 Å². The number of aryl methyl sites for hydroxylation is 2. The van der Waals surface area contributed by atoms with Gasteiger partial charge in [0.1, 0.15) is 11.2 Å². The van der Waals surface area contributed by atoms with Crippen LogP contribution in [-0.2, 0) is 0 Å². The van der Waals surface area contributed by atoms with E-state index in [0.29, 0.717) is 22.9 Å². The molecule has 10 heteroatoms. The first-order valence-corrected chi connectivity index (χ1v) is 8.44. The topological polar surface area (TPSA) is 112 Å². The summed E-state index contributed by atoms with van der Waals surface area (Å²) in [6.45, 7) is 4.06. The van der Waals surface area contributed by atoms with Crippen LogP contribution >= 0.6 is 11.3 Å². The van der Waals surface area contributed by atoms with Crippen LogP contribution in [0.4, 0.5) is 11.5 Å². The number of ether oxygens (including phenoxy) is 2. The molecule has 0 fully saturated rings. The Balaban J connectivity index is 1.67. The van der Waals surface area contributed by atoms with E-state index in [0.717, 1.165) is 20.7 Å². The molecule has 1 N–H and O–H groups in total. The Labute approximate surface area is 151 Å². The Kier molecular flexibility index (Phi) is 3.88. The van der Waals surface area contributed by atoms with Gasteiger partial charge in [0.2, 0.25) is 6.79 Å². The zero-order valence-electron chi connectivity index (χ0n) is 13.8. The third-order valence-electron chi connectivity index (χ3n) is 4.06. The summed E-state index contributed by atoms with van der Waals surface area (Å²) >= 11 is 1.58. The summed E-state index contributed by atoms with van der Waals surface area (Å²) in [6, 6.07) is 2.86. The van der Waals surface area contributed by atoms with Gasteiger partial charge in [0, 0.05) is 4.88 Å². The van der Waals surface area contributed by atoms with Crippen LogP contribution in [0.2, 0.25) is 0 Å². The molecule has 0 atom stereocenters. The number of fused-ring (bicyclic) bond motifs is 2. The number of hydrogen-bond donors (Lipinski definition) is 1. The molecule has 26 heavy (non-hydrogen) atoms. The minimum atomic E-state index is -0.488. The van der Waals surface area contributed by atoms with Gasteiger partial charge in [0.25, 0.3) is 5.69 Å². The Bertz CT molecular complexity index is 1060. The zero-order chi connectivity index (χ0) is 18.3. The average molecular weight is 371 g/mol. The number of hydrogen-bond acceptors (Lipinski definition) is 9. The molecular formula is C16H13N5O4S. The Morgan fingerprint density at radius 3 is 2.85 bits per heavy atom. The summed E-state index contributed by atoms with van der Waals surface area (Å²) in [4.78, 5) is 21.3. The predicted octanol–water partition coefficient (Wildman–Crippen LogP) is 3.39. The van der Waals surface area contributed by atoms with Gasteiger partial charge in [-0.3, -0.25) is 15.5 Å². The summed E-state index contributed by atoms with van der Waals surface area (Å²) in [5, 5.41) is 16.3. The first-order valence-electron chi connectivity index (χ1n) is 7.62. The minimum absolute atomic E-state index is 0.0427. The van der Waals surface area contributed by atoms with Gasteiger partial charge in [-0.05, 0) is 25.5 Å². The van der Waals surface area contributed by atoms with E-state index in [4.69, 9.17) is 9.47 Å². The number of nitro benzene ring substituents is 1. The predicted molar refractivity (Wildman–Crippen MR) is 97.3 cm³/mol. The summed E-state index contributed by atoms with van der Waals surface area (Å²) in [5.74, 6) is 1.35. The zero-order valence-corrected chi connectivity index (χ0v) is 14.7. The summed E-state index contributed by atoms with van der Waals surface area (Å²) in [5.41, 5.74) is 4.12. The highest BCUT2D eigenvalue weighted by atomic mass is 32.1. The minimum Gasteiger partial charge on any atom is -0.454 e. The quantitative estimate of drug-likeness (QED) is 0.425. The van der Waals surface area contributed by atoms with E-state index in [-0.39, 0.29) is 12.5 Å². The number of rotatable bonds is 4. The van der Waals surface area contributed by atoms with Gasteiger partial charge in [-0.25, -0.2) is 9.97 Å². The number of aromatic nitrogens is 2. The highest BCUT2D eigenvalue weighted by Crippen LogP contribution is 2.37.